The Kier molecular flexibility index (Phi) is 57.4. The summed E-state index contributed by atoms with van der Waals surface area (Å²) in [6.07, 6.45) is 65.2. The Morgan fingerprint density at radius 1 is 0.278 bits per heavy atom. The fourth-order valence-corrected chi connectivity index (χ4v) is 10.2. The molecule has 0 aromatic rings. The van der Waals surface area contributed by atoms with Crippen molar-refractivity contribution < 1.29 is 28.6 Å². The monoisotopic (exact) mass is 1020 g/mol. The third kappa shape index (κ3) is 56.1. The van der Waals surface area contributed by atoms with Crippen LogP contribution in [0.4, 0.5) is 0 Å². The first-order valence-corrected chi connectivity index (χ1v) is 32.8. The van der Waals surface area contributed by atoms with Gasteiger partial charge in [-0.3, -0.25) is 14.4 Å². The predicted molar refractivity (Wildman–Crippen MR) is 312 cm³/mol. The molecule has 428 valence electrons. The summed E-state index contributed by atoms with van der Waals surface area (Å²) in [6, 6.07) is 0. The number of ether oxygens (including phenoxy) is 3. The molecular formula is C66H128O6. The van der Waals surface area contributed by atoms with Crippen LogP contribution in [0.3, 0.4) is 0 Å². The molecule has 72 heavy (non-hydrogen) atoms. The molecule has 2 unspecified atom stereocenters. The second-order valence-electron chi connectivity index (χ2n) is 23.2. The van der Waals surface area contributed by atoms with Crippen molar-refractivity contribution in [2.75, 3.05) is 13.2 Å². The SMILES string of the molecule is CCCCCCCCCCCCCCCCC(=O)OC[C@H](COC(=O)CCCCCCCCCCCCCCCCCCCCC(C)CC)OC(=O)CCCCCCCCCCCCCCCCC(C)CC. The van der Waals surface area contributed by atoms with E-state index in [1.54, 1.807) is 0 Å². The second-order valence-corrected chi connectivity index (χ2v) is 23.2. The molecule has 0 aromatic carbocycles. The molecule has 0 amide bonds. The number of carbonyl (C=O) groups is 3. The number of carbonyl (C=O) groups excluding carboxylic acids is 3. The summed E-state index contributed by atoms with van der Waals surface area (Å²) < 4.78 is 17.0. The number of hydrogen-bond donors (Lipinski definition) is 0. The van der Waals surface area contributed by atoms with Gasteiger partial charge in [0.25, 0.3) is 0 Å². The molecule has 0 saturated carbocycles. The third-order valence-corrected chi connectivity index (χ3v) is 15.9. The molecule has 0 fully saturated rings. The minimum atomic E-state index is -0.764. The van der Waals surface area contributed by atoms with Gasteiger partial charge in [-0.1, -0.05) is 336 Å². The van der Waals surface area contributed by atoms with E-state index in [1.165, 1.54) is 263 Å². The maximum Gasteiger partial charge on any atom is 0.306 e. The highest BCUT2D eigenvalue weighted by molar-refractivity contribution is 5.71. The van der Waals surface area contributed by atoms with Crippen molar-refractivity contribution in [3.05, 3.63) is 0 Å². The lowest BCUT2D eigenvalue weighted by molar-refractivity contribution is -0.167. The average Bonchev–Trinajstić information content (AvgIpc) is 3.38. The highest BCUT2D eigenvalue weighted by atomic mass is 16.6. The first-order valence-electron chi connectivity index (χ1n) is 32.8. The second kappa shape index (κ2) is 58.7. The van der Waals surface area contributed by atoms with Crippen molar-refractivity contribution >= 4 is 17.9 Å². The van der Waals surface area contributed by atoms with Crippen LogP contribution in [0.1, 0.15) is 375 Å². The topological polar surface area (TPSA) is 78.9 Å². The summed E-state index contributed by atoms with van der Waals surface area (Å²) in [5.74, 6) is 0.975. The summed E-state index contributed by atoms with van der Waals surface area (Å²) >= 11 is 0. The molecule has 0 aliphatic carbocycles. The summed E-state index contributed by atoms with van der Waals surface area (Å²) in [5.41, 5.74) is 0. The van der Waals surface area contributed by atoms with Gasteiger partial charge in [-0.05, 0) is 31.1 Å². The number of hydrogen-bond acceptors (Lipinski definition) is 6. The van der Waals surface area contributed by atoms with Gasteiger partial charge in [0.1, 0.15) is 13.2 Å². The number of esters is 3. The normalized spacial score (nSPS) is 12.8. The van der Waals surface area contributed by atoms with Crippen molar-refractivity contribution in [2.45, 2.75) is 381 Å². The lowest BCUT2D eigenvalue weighted by Gasteiger charge is -2.18. The van der Waals surface area contributed by atoms with E-state index in [2.05, 4.69) is 34.6 Å². The highest BCUT2D eigenvalue weighted by Crippen LogP contribution is 2.20. The van der Waals surface area contributed by atoms with Gasteiger partial charge in [0.05, 0.1) is 0 Å². The minimum Gasteiger partial charge on any atom is -0.462 e. The van der Waals surface area contributed by atoms with Crippen molar-refractivity contribution in [2.24, 2.45) is 11.8 Å². The Morgan fingerprint density at radius 3 is 0.722 bits per heavy atom. The van der Waals surface area contributed by atoms with Gasteiger partial charge < -0.3 is 14.2 Å². The summed E-state index contributed by atoms with van der Waals surface area (Å²) in [5, 5.41) is 0. The Balaban J connectivity index is 4.26. The molecule has 0 heterocycles. The Hall–Kier alpha value is -1.59. The zero-order chi connectivity index (χ0) is 52.5. The standard InChI is InChI=1S/C66H128O6/c1-6-9-10-11-12-13-14-15-26-31-36-41-46-51-56-64(67)70-59-63(72-66(69)58-53-48-43-38-33-28-23-22-25-30-35-40-45-50-55-62(5)8-3)60-71-65(68)57-52-47-42-37-32-27-21-19-17-16-18-20-24-29-34-39-44-49-54-61(4)7-2/h61-63H,6-60H2,1-5H3/t61?,62?,63-/m1/s1. The van der Waals surface area contributed by atoms with Crippen LogP contribution in [-0.2, 0) is 28.6 Å². The molecule has 0 rings (SSSR count). The van der Waals surface area contributed by atoms with E-state index in [0.717, 1.165) is 69.6 Å². The van der Waals surface area contributed by atoms with Crippen molar-refractivity contribution in [3.8, 4) is 0 Å². The fourth-order valence-electron chi connectivity index (χ4n) is 10.2. The summed E-state index contributed by atoms with van der Waals surface area (Å²) in [4.78, 5) is 38.3. The Bertz CT molecular complexity index is 1110. The van der Waals surface area contributed by atoms with Crippen LogP contribution >= 0.6 is 0 Å². The summed E-state index contributed by atoms with van der Waals surface area (Å²) in [6.45, 7) is 11.5. The van der Waals surface area contributed by atoms with E-state index in [-0.39, 0.29) is 31.1 Å². The molecule has 0 spiro atoms. The van der Waals surface area contributed by atoms with Crippen LogP contribution in [-0.4, -0.2) is 37.2 Å². The molecule has 0 aliphatic rings. The van der Waals surface area contributed by atoms with Crippen molar-refractivity contribution in [1.82, 2.24) is 0 Å². The van der Waals surface area contributed by atoms with Crippen LogP contribution in [0.5, 0.6) is 0 Å². The van der Waals surface area contributed by atoms with E-state index in [9.17, 15) is 14.4 Å². The van der Waals surface area contributed by atoms with Crippen LogP contribution in [0.2, 0.25) is 0 Å². The van der Waals surface area contributed by atoms with E-state index in [4.69, 9.17) is 14.2 Å². The molecule has 0 aromatic heterocycles. The maximum absolute atomic E-state index is 12.9. The van der Waals surface area contributed by atoms with E-state index in [1.807, 2.05) is 0 Å². The van der Waals surface area contributed by atoms with Gasteiger partial charge >= 0.3 is 17.9 Å². The molecule has 6 heteroatoms. The zero-order valence-corrected chi connectivity index (χ0v) is 49.6. The van der Waals surface area contributed by atoms with E-state index >= 15 is 0 Å². The molecule has 3 atom stereocenters. The smallest absolute Gasteiger partial charge is 0.306 e. The van der Waals surface area contributed by atoms with Gasteiger partial charge in [-0.15, -0.1) is 0 Å². The maximum atomic E-state index is 12.9. The quantitative estimate of drug-likeness (QED) is 0.0343. The molecule has 0 N–H and O–H groups in total. The molecule has 0 bridgehead atoms. The fraction of sp³-hybridized carbons (Fsp3) is 0.955. The number of rotatable bonds is 60. The first-order chi connectivity index (χ1) is 35.3. The minimum absolute atomic E-state index is 0.0617. The molecule has 0 saturated heterocycles. The van der Waals surface area contributed by atoms with E-state index < -0.39 is 6.10 Å². The average molecular weight is 1020 g/mol. The first kappa shape index (κ1) is 70.4. The third-order valence-electron chi connectivity index (χ3n) is 15.9. The lowest BCUT2D eigenvalue weighted by Crippen LogP contribution is -2.30. The van der Waals surface area contributed by atoms with Gasteiger partial charge in [0.2, 0.25) is 0 Å². The highest BCUT2D eigenvalue weighted by Gasteiger charge is 2.19. The predicted octanol–water partition coefficient (Wildman–Crippen LogP) is 22.0. The van der Waals surface area contributed by atoms with Gasteiger partial charge in [0.15, 0.2) is 6.10 Å². The van der Waals surface area contributed by atoms with Gasteiger partial charge in [-0.25, -0.2) is 0 Å². The number of unbranched alkanes of at least 4 members (excludes halogenated alkanes) is 43. The van der Waals surface area contributed by atoms with Crippen LogP contribution in [0.25, 0.3) is 0 Å². The lowest BCUT2D eigenvalue weighted by atomic mass is 9.99. The Labute approximate surface area is 450 Å². The molecule has 0 radical (unpaired) electrons. The van der Waals surface area contributed by atoms with Gasteiger partial charge in [0, 0.05) is 19.3 Å². The Morgan fingerprint density at radius 2 is 0.486 bits per heavy atom. The molecule has 0 aliphatic heterocycles. The van der Waals surface area contributed by atoms with Crippen molar-refractivity contribution in [3.63, 3.8) is 0 Å². The largest absolute Gasteiger partial charge is 0.462 e. The van der Waals surface area contributed by atoms with Crippen LogP contribution < -0.4 is 0 Å². The van der Waals surface area contributed by atoms with E-state index in [0.29, 0.717) is 19.3 Å². The van der Waals surface area contributed by atoms with Crippen LogP contribution in [0.15, 0.2) is 0 Å². The summed E-state index contributed by atoms with van der Waals surface area (Å²) in [7, 11) is 0. The van der Waals surface area contributed by atoms with Crippen molar-refractivity contribution in [1.29, 1.82) is 0 Å². The molecule has 6 nitrogen and oxygen atoms in total. The van der Waals surface area contributed by atoms with Crippen LogP contribution in [0, 0.1) is 11.8 Å². The van der Waals surface area contributed by atoms with Gasteiger partial charge in [-0.2, -0.15) is 0 Å². The molecular weight excluding hydrogens is 889 g/mol. The zero-order valence-electron chi connectivity index (χ0n) is 49.6.